The molecule has 2 amide bonds. The van der Waals surface area contributed by atoms with E-state index >= 15 is 0 Å². The van der Waals surface area contributed by atoms with Crippen molar-refractivity contribution in [2.75, 3.05) is 10.6 Å². The van der Waals surface area contributed by atoms with E-state index in [1.807, 2.05) is 31.2 Å². The summed E-state index contributed by atoms with van der Waals surface area (Å²) in [5.74, 6) is -1.33. The van der Waals surface area contributed by atoms with Crippen molar-refractivity contribution in [1.82, 2.24) is 9.78 Å². The van der Waals surface area contributed by atoms with Gasteiger partial charge in [0.2, 0.25) is 5.91 Å². The number of amides is 2. The average Bonchev–Trinajstić information content (AvgIpc) is 2.96. The van der Waals surface area contributed by atoms with Crippen molar-refractivity contribution in [3.63, 3.8) is 0 Å². The molecule has 0 aliphatic heterocycles. The molecule has 32 heavy (non-hydrogen) atoms. The minimum absolute atomic E-state index is 0.0159. The summed E-state index contributed by atoms with van der Waals surface area (Å²) in [4.78, 5) is 24.0. The van der Waals surface area contributed by atoms with Gasteiger partial charge in [-0.15, -0.1) is 0 Å². The van der Waals surface area contributed by atoms with Crippen molar-refractivity contribution in [1.29, 1.82) is 0 Å². The van der Waals surface area contributed by atoms with Crippen LogP contribution in [0.15, 0.2) is 42.5 Å². The van der Waals surface area contributed by atoms with Crippen LogP contribution in [0, 0.1) is 13.8 Å². The quantitative estimate of drug-likeness (QED) is 0.528. The number of hydrogen-bond donors (Lipinski definition) is 2. The smallest absolute Gasteiger partial charge is 0.326 e. The number of anilines is 2. The first-order valence-corrected chi connectivity index (χ1v) is 9.92. The van der Waals surface area contributed by atoms with Gasteiger partial charge in [-0.2, -0.15) is 18.3 Å². The second-order valence-electron chi connectivity index (χ2n) is 7.29. The number of aromatic nitrogens is 2. The molecule has 0 spiro atoms. The van der Waals surface area contributed by atoms with Gasteiger partial charge < -0.3 is 10.6 Å². The molecule has 2 N–H and O–H groups in total. The van der Waals surface area contributed by atoms with Crippen molar-refractivity contribution in [2.45, 2.75) is 33.5 Å². The molecule has 2 aromatic carbocycles. The lowest BCUT2D eigenvalue weighted by Crippen LogP contribution is -2.18. The summed E-state index contributed by atoms with van der Waals surface area (Å²) >= 11 is 6.35. The Hall–Kier alpha value is -3.33. The standard InChI is InChI=1S/C22H20ClF3N4O2/c1-12-4-6-15(7-5-12)11-30-20(23)19(13(2)29-30)21(32)28-18-9-8-16(27-14(3)31)10-17(18)22(24,25)26/h4-10H,11H2,1-3H3,(H,27,31)(H,28,32). The highest BCUT2D eigenvalue weighted by atomic mass is 35.5. The van der Waals surface area contributed by atoms with Gasteiger partial charge in [-0.05, 0) is 37.6 Å². The van der Waals surface area contributed by atoms with Crippen LogP contribution in [0.3, 0.4) is 0 Å². The van der Waals surface area contributed by atoms with Crippen LogP contribution in [0.5, 0.6) is 0 Å². The van der Waals surface area contributed by atoms with Crippen molar-refractivity contribution < 1.29 is 22.8 Å². The highest BCUT2D eigenvalue weighted by molar-refractivity contribution is 6.33. The van der Waals surface area contributed by atoms with E-state index in [9.17, 15) is 22.8 Å². The average molecular weight is 465 g/mol. The SMILES string of the molecule is CC(=O)Nc1ccc(NC(=O)c2c(C)nn(Cc3ccc(C)cc3)c2Cl)c(C(F)(F)F)c1. The third-order valence-electron chi connectivity index (χ3n) is 4.64. The van der Waals surface area contributed by atoms with Crippen LogP contribution in [-0.4, -0.2) is 21.6 Å². The number of carbonyl (C=O) groups is 2. The maximum absolute atomic E-state index is 13.5. The Bertz CT molecular complexity index is 1170. The first-order valence-electron chi connectivity index (χ1n) is 9.54. The van der Waals surface area contributed by atoms with E-state index in [-0.39, 0.29) is 22.1 Å². The Labute approximate surface area is 187 Å². The molecule has 1 aromatic heterocycles. The highest BCUT2D eigenvalue weighted by Crippen LogP contribution is 2.37. The van der Waals surface area contributed by atoms with E-state index in [0.717, 1.165) is 23.3 Å². The topological polar surface area (TPSA) is 76.0 Å². The number of nitrogens with one attached hydrogen (secondary N) is 2. The summed E-state index contributed by atoms with van der Waals surface area (Å²) < 4.78 is 42.1. The minimum Gasteiger partial charge on any atom is -0.326 e. The zero-order valence-corrected chi connectivity index (χ0v) is 18.2. The van der Waals surface area contributed by atoms with Gasteiger partial charge in [-0.25, -0.2) is 4.68 Å². The van der Waals surface area contributed by atoms with Crippen molar-refractivity contribution >= 4 is 34.8 Å². The molecule has 3 aromatic rings. The van der Waals surface area contributed by atoms with E-state index in [0.29, 0.717) is 6.54 Å². The Balaban J connectivity index is 1.89. The Morgan fingerprint density at radius 1 is 1.06 bits per heavy atom. The first kappa shape index (κ1) is 23.3. The monoisotopic (exact) mass is 464 g/mol. The number of halogens is 4. The van der Waals surface area contributed by atoms with Gasteiger partial charge in [0.1, 0.15) is 5.15 Å². The fourth-order valence-corrected chi connectivity index (χ4v) is 3.46. The number of nitrogens with zero attached hydrogens (tertiary/aromatic N) is 2. The molecule has 168 valence electrons. The molecule has 0 aliphatic rings. The molecule has 0 unspecified atom stereocenters. The molecule has 3 rings (SSSR count). The van der Waals surface area contributed by atoms with Crippen molar-refractivity contribution in [3.05, 3.63) is 75.6 Å². The van der Waals surface area contributed by atoms with Gasteiger partial charge in [0.15, 0.2) is 0 Å². The van der Waals surface area contributed by atoms with E-state index in [1.54, 1.807) is 6.92 Å². The summed E-state index contributed by atoms with van der Waals surface area (Å²) in [5, 5.41) is 8.84. The van der Waals surface area contributed by atoms with Crippen molar-refractivity contribution in [2.24, 2.45) is 0 Å². The van der Waals surface area contributed by atoms with E-state index in [1.165, 1.54) is 17.7 Å². The zero-order valence-electron chi connectivity index (χ0n) is 17.5. The molecular formula is C22H20ClF3N4O2. The number of rotatable bonds is 5. The Morgan fingerprint density at radius 2 is 1.72 bits per heavy atom. The molecule has 10 heteroatoms. The van der Waals surface area contributed by atoms with Gasteiger partial charge in [-0.3, -0.25) is 9.59 Å². The number of aryl methyl sites for hydroxylation is 2. The normalized spacial score (nSPS) is 11.3. The number of hydrogen-bond acceptors (Lipinski definition) is 3. The lowest BCUT2D eigenvalue weighted by molar-refractivity contribution is -0.137. The Kier molecular flexibility index (Phi) is 6.59. The van der Waals surface area contributed by atoms with Crippen molar-refractivity contribution in [3.8, 4) is 0 Å². The summed E-state index contributed by atoms with van der Waals surface area (Å²) in [6, 6.07) is 10.7. The molecule has 1 heterocycles. The number of benzene rings is 2. The summed E-state index contributed by atoms with van der Waals surface area (Å²) in [6.07, 6.45) is -4.76. The second kappa shape index (κ2) is 9.04. The fraction of sp³-hybridized carbons (Fsp3) is 0.227. The van der Waals surface area contributed by atoms with Crippen LogP contribution < -0.4 is 10.6 Å². The molecule has 0 saturated heterocycles. The molecule has 0 atom stereocenters. The van der Waals surface area contributed by atoms with Gasteiger partial charge in [0.05, 0.1) is 29.1 Å². The largest absolute Gasteiger partial charge is 0.418 e. The fourth-order valence-electron chi connectivity index (χ4n) is 3.14. The second-order valence-corrected chi connectivity index (χ2v) is 7.65. The van der Waals surface area contributed by atoms with E-state index < -0.39 is 29.2 Å². The van der Waals surface area contributed by atoms with Crippen LogP contribution in [0.2, 0.25) is 5.15 Å². The molecule has 0 aliphatic carbocycles. The summed E-state index contributed by atoms with van der Waals surface area (Å²) in [5.41, 5.74) is 0.654. The maximum Gasteiger partial charge on any atom is 0.418 e. The summed E-state index contributed by atoms with van der Waals surface area (Å²) in [6.45, 7) is 4.99. The number of carbonyl (C=O) groups excluding carboxylic acids is 2. The van der Waals surface area contributed by atoms with Crippen LogP contribution in [-0.2, 0) is 17.5 Å². The minimum atomic E-state index is -4.76. The first-order chi connectivity index (χ1) is 15.0. The predicted octanol–water partition coefficient (Wildman–Crippen LogP) is 5.43. The molecule has 0 bridgehead atoms. The molecular weight excluding hydrogens is 445 g/mol. The third kappa shape index (κ3) is 5.28. The molecule has 0 radical (unpaired) electrons. The van der Waals surface area contributed by atoms with Gasteiger partial charge in [-0.1, -0.05) is 41.4 Å². The maximum atomic E-state index is 13.5. The lowest BCUT2D eigenvalue weighted by Gasteiger charge is -2.15. The third-order valence-corrected chi connectivity index (χ3v) is 5.02. The summed E-state index contributed by atoms with van der Waals surface area (Å²) in [7, 11) is 0. The van der Waals surface area contributed by atoms with Crippen LogP contribution >= 0.6 is 11.6 Å². The van der Waals surface area contributed by atoms with Crippen LogP contribution in [0.25, 0.3) is 0 Å². The zero-order chi connectivity index (χ0) is 23.6. The van der Waals surface area contributed by atoms with Gasteiger partial charge in [0.25, 0.3) is 5.91 Å². The molecule has 0 saturated carbocycles. The number of alkyl halides is 3. The van der Waals surface area contributed by atoms with Crippen LogP contribution in [0.1, 0.15) is 39.7 Å². The lowest BCUT2D eigenvalue weighted by atomic mass is 10.1. The van der Waals surface area contributed by atoms with Gasteiger partial charge >= 0.3 is 6.18 Å². The molecule has 0 fully saturated rings. The predicted molar refractivity (Wildman–Crippen MR) is 116 cm³/mol. The van der Waals surface area contributed by atoms with Crippen LogP contribution in [0.4, 0.5) is 24.5 Å². The molecule has 6 nitrogen and oxygen atoms in total. The Morgan fingerprint density at radius 3 is 2.31 bits per heavy atom. The van der Waals surface area contributed by atoms with E-state index in [2.05, 4.69) is 15.7 Å². The van der Waals surface area contributed by atoms with Gasteiger partial charge in [0, 0.05) is 12.6 Å². The van der Waals surface area contributed by atoms with E-state index in [4.69, 9.17) is 11.6 Å². The highest BCUT2D eigenvalue weighted by Gasteiger charge is 2.35.